The number of alkyl halides is 2. The minimum absolute atomic E-state index is 0.00954. The van der Waals surface area contributed by atoms with Crippen LogP contribution in [0.3, 0.4) is 0 Å². The summed E-state index contributed by atoms with van der Waals surface area (Å²) in [6.45, 7) is 0. The number of pyridine rings is 1. The fourth-order valence-corrected chi connectivity index (χ4v) is 1.52. The standard InChI is InChI=1S/C7H7F2IN2O/c1-13-5-3(6(8)9)2-4(10)12-7(5)11/h2,6H,1H3,(H2,11,12). The number of methoxy groups -OCH3 is 1. The van der Waals surface area contributed by atoms with Gasteiger partial charge in [-0.1, -0.05) is 0 Å². The second kappa shape index (κ2) is 4.03. The summed E-state index contributed by atoms with van der Waals surface area (Å²) in [4.78, 5) is 3.79. The molecule has 13 heavy (non-hydrogen) atoms. The van der Waals surface area contributed by atoms with E-state index in [0.29, 0.717) is 3.70 Å². The Hall–Kier alpha value is -0.660. The van der Waals surface area contributed by atoms with Crippen LogP contribution in [0.4, 0.5) is 14.6 Å². The summed E-state index contributed by atoms with van der Waals surface area (Å²) in [5.41, 5.74) is 5.17. The molecular formula is C7H7F2IN2O. The SMILES string of the molecule is COc1c(C(F)F)cc(I)nc1N. The number of rotatable bonds is 2. The Labute approximate surface area is 87.4 Å². The van der Waals surface area contributed by atoms with Gasteiger partial charge in [-0.05, 0) is 28.7 Å². The van der Waals surface area contributed by atoms with Crippen molar-refractivity contribution in [1.82, 2.24) is 4.98 Å². The number of hydrogen-bond acceptors (Lipinski definition) is 3. The van der Waals surface area contributed by atoms with Crippen LogP contribution in [0, 0.1) is 3.70 Å². The van der Waals surface area contributed by atoms with Gasteiger partial charge in [0.25, 0.3) is 6.43 Å². The molecule has 3 nitrogen and oxygen atoms in total. The number of ether oxygens (including phenoxy) is 1. The van der Waals surface area contributed by atoms with Gasteiger partial charge in [0.2, 0.25) is 0 Å². The van der Waals surface area contributed by atoms with E-state index in [1.54, 1.807) is 0 Å². The largest absolute Gasteiger partial charge is 0.492 e. The smallest absolute Gasteiger partial charge is 0.267 e. The van der Waals surface area contributed by atoms with Gasteiger partial charge in [-0.15, -0.1) is 0 Å². The molecule has 1 aromatic heterocycles. The summed E-state index contributed by atoms with van der Waals surface area (Å²) in [7, 11) is 1.28. The molecule has 0 radical (unpaired) electrons. The van der Waals surface area contributed by atoms with Crippen LogP contribution in [-0.4, -0.2) is 12.1 Å². The Morgan fingerprint density at radius 1 is 1.62 bits per heavy atom. The van der Waals surface area contributed by atoms with Crippen LogP contribution in [0.1, 0.15) is 12.0 Å². The van der Waals surface area contributed by atoms with Gasteiger partial charge in [-0.3, -0.25) is 0 Å². The molecule has 72 valence electrons. The van der Waals surface area contributed by atoms with Crippen molar-refractivity contribution >= 4 is 28.4 Å². The maximum atomic E-state index is 12.4. The molecule has 0 aliphatic heterocycles. The van der Waals surface area contributed by atoms with Crippen molar-refractivity contribution in [2.75, 3.05) is 12.8 Å². The first-order valence-electron chi connectivity index (χ1n) is 3.34. The second-order valence-corrected chi connectivity index (χ2v) is 3.36. The van der Waals surface area contributed by atoms with Crippen molar-refractivity contribution in [1.29, 1.82) is 0 Å². The molecule has 1 rings (SSSR count). The third-order valence-electron chi connectivity index (χ3n) is 1.44. The van der Waals surface area contributed by atoms with Crippen LogP contribution in [0.5, 0.6) is 5.75 Å². The lowest BCUT2D eigenvalue weighted by Gasteiger charge is -2.09. The maximum absolute atomic E-state index is 12.4. The summed E-state index contributed by atoms with van der Waals surface area (Å²) >= 11 is 1.82. The third-order valence-corrected chi connectivity index (χ3v) is 1.99. The molecule has 2 N–H and O–H groups in total. The normalized spacial score (nSPS) is 10.5. The van der Waals surface area contributed by atoms with Crippen LogP contribution >= 0.6 is 22.6 Å². The van der Waals surface area contributed by atoms with Crippen molar-refractivity contribution < 1.29 is 13.5 Å². The molecule has 0 aliphatic carbocycles. The fraction of sp³-hybridized carbons (Fsp3) is 0.286. The van der Waals surface area contributed by atoms with Crippen molar-refractivity contribution in [3.63, 3.8) is 0 Å². The average Bonchev–Trinajstić information content (AvgIpc) is 2.02. The molecular weight excluding hydrogens is 293 g/mol. The molecule has 6 heteroatoms. The van der Waals surface area contributed by atoms with E-state index in [9.17, 15) is 8.78 Å². The van der Waals surface area contributed by atoms with Crippen LogP contribution in [0.2, 0.25) is 0 Å². The Bertz CT molecular complexity index is 320. The van der Waals surface area contributed by atoms with Gasteiger partial charge in [0.15, 0.2) is 11.6 Å². The predicted octanol–water partition coefficient (Wildman–Crippen LogP) is 2.21. The van der Waals surface area contributed by atoms with Crippen LogP contribution in [0.15, 0.2) is 6.07 Å². The summed E-state index contributed by atoms with van der Waals surface area (Å²) in [5, 5.41) is 0. The van der Waals surface area contributed by atoms with E-state index in [1.165, 1.54) is 13.2 Å². The Balaban J connectivity index is 3.29. The van der Waals surface area contributed by atoms with Gasteiger partial charge in [0.05, 0.1) is 12.7 Å². The zero-order valence-corrected chi connectivity index (χ0v) is 8.88. The molecule has 0 aliphatic rings. The zero-order valence-electron chi connectivity index (χ0n) is 6.72. The Morgan fingerprint density at radius 2 is 2.23 bits per heavy atom. The van der Waals surface area contributed by atoms with E-state index in [-0.39, 0.29) is 17.1 Å². The molecule has 0 fully saturated rings. The summed E-state index contributed by atoms with van der Waals surface area (Å²) in [6, 6.07) is 1.25. The van der Waals surface area contributed by atoms with Crippen molar-refractivity contribution in [2.24, 2.45) is 0 Å². The molecule has 1 heterocycles. The van der Waals surface area contributed by atoms with Gasteiger partial charge >= 0.3 is 0 Å². The topological polar surface area (TPSA) is 48.1 Å². The first kappa shape index (κ1) is 10.4. The zero-order chi connectivity index (χ0) is 10.0. The fourth-order valence-electron chi connectivity index (χ4n) is 0.924. The lowest BCUT2D eigenvalue weighted by molar-refractivity contribution is 0.147. The summed E-state index contributed by atoms with van der Waals surface area (Å²) in [5.74, 6) is -0.0554. The first-order chi connectivity index (χ1) is 6.06. The number of hydrogen-bond donors (Lipinski definition) is 1. The van der Waals surface area contributed by atoms with Crippen molar-refractivity contribution in [3.05, 3.63) is 15.3 Å². The monoisotopic (exact) mass is 300 g/mol. The number of nitrogen functional groups attached to an aromatic ring is 1. The summed E-state index contributed by atoms with van der Waals surface area (Å²) < 4.78 is 30.0. The van der Waals surface area contributed by atoms with Gasteiger partial charge < -0.3 is 10.5 Å². The quantitative estimate of drug-likeness (QED) is 0.673. The lowest BCUT2D eigenvalue weighted by atomic mass is 10.2. The highest BCUT2D eigenvalue weighted by Gasteiger charge is 2.17. The Kier molecular flexibility index (Phi) is 3.23. The van der Waals surface area contributed by atoms with Crippen LogP contribution in [0.25, 0.3) is 0 Å². The number of halogens is 3. The molecule has 0 aromatic carbocycles. The Morgan fingerprint density at radius 3 is 2.69 bits per heavy atom. The van der Waals surface area contributed by atoms with Gasteiger partial charge in [0.1, 0.15) is 3.70 Å². The first-order valence-corrected chi connectivity index (χ1v) is 4.42. The minimum Gasteiger partial charge on any atom is -0.492 e. The highest BCUT2D eigenvalue weighted by molar-refractivity contribution is 14.1. The number of nitrogens with two attached hydrogens (primary N) is 1. The van der Waals surface area contributed by atoms with Crippen LogP contribution in [-0.2, 0) is 0 Å². The number of anilines is 1. The van der Waals surface area contributed by atoms with Gasteiger partial charge in [-0.25, -0.2) is 13.8 Å². The van der Waals surface area contributed by atoms with Crippen LogP contribution < -0.4 is 10.5 Å². The molecule has 0 saturated heterocycles. The molecule has 0 bridgehead atoms. The molecule has 0 unspecified atom stereocenters. The third kappa shape index (κ3) is 2.17. The van der Waals surface area contributed by atoms with Crippen molar-refractivity contribution in [2.45, 2.75) is 6.43 Å². The van der Waals surface area contributed by atoms with E-state index >= 15 is 0 Å². The maximum Gasteiger partial charge on any atom is 0.267 e. The minimum atomic E-state index is -2.60. The van der Waals surface area contributed by atoms with Gasteiger partial charge in [-0.2, -0.15) is 0 Å². The molecule has 0 spiro atoms. The molecule has 0 atom stereocenters. The summed E-state index contributed by atoms with van der Waals surface area (Å²) in [6.07, 6.45) is -2.60. The van der Waals surface area contributed by atoms with E-state index in [4.69, 9.17) is 10.5 Å². The highest BCUT2D eigenvalue weighted by atomic mass is 127. The second-order valence-electron chi connectivity index (χ2n) is 2.25. The predicted molar refractivity (Wildman–Crippen MR) is 52.9 cm³/mol. The lowest BCUT2D eigenvalue weighted by Crippen LogP contribution is -2.02. The van der Waals surface area contributed by atoms with Crippen molar-refractivity contribution in [3.8, 4) is 5.75 Å². The van der Waals surface area contributed by atoms with E-state index in [2.05, 4.69) is 4.98 Å². The van der Waals surface area contributed by atoms with E-state index < -0.39 is 6.43 Å². The molecule has 0 amide bonds. The highest BCUT2D eigenvalue weighted by Crippen LogP contribution is 2.33. The van der Waals surface area contributed by atoms with E-state index in [1.807, 2.05) is 22.6 Å². The molecule has 1 aromatic rings. The molecule has 0 saturated carbocycles. The van der Waals surface area contributed by atoms with E-state index in [0.717, 1.165) is 0 Å². The average molecular weight is 300 g/mol. The number of aromatic nitrogens is 1. The van der Waals surface area contributed by atoms with Gasteiger partial charge in [0, 0.05) is 0 Å². The number of nitrogens with zero attached hydrogens (tertiary/aromatic N) is 1.